The summed E-state index contributed by atoms with van der Waals surface area (Å²) in [5.74, 6) is 1.30. The van der Waals surface area contributed by atoms with Crippen molar-refractivity contribution in [2.24, 2.45) is 0 Å². The van der Waals surface area contributed by atoms with E-state index in [1.54, 1.807) is 0 Å². The molecule has 0 amide bonds. The summed E-state index contributed by atoms with van der Waals surface area (Å²) in [5, 5.41) is 2.57. The molecular formula is C29H34BrClN2O3Si. The molecule has 0 aliphatic carbocycles. The van der Waals surface area contributed by atoms with Gasteiger partial charge < -0.3 is 19.6 Å². The largest absolute Gasteiger partial charge is 0.488 e. The van der Waals surface area contributed by atoms with E-state index in [1.165, 1.54) is 0 Å². The van der Waals surface area contributed by atoms with E-state index < -0.39 is 8.07 Å². The van der Waals surface area contributed by atoms with Gasteiger partial charge >= 0.3 is 0 Å². The van der Waals surface area contributed by atoms with Gasteiger partial charge in [0, 0.05) is 37.0 Å². The van der Waals surface area contributed by atoms with Crippen molar-refractivity contribution in [1.29, 1.82) is 0 Å². The number of ether oxygens (including phenoxy) is 3. The van der Waals surface area contributed by atoms with E-state index >= 15 is 0 Å². The lowest BCUT2D eigenvalue weighted by molar-refractivity contribution is 0.00453. The zero-order chi connectivity index (χ0) is 26.3. The molecule has 3 aromatic carbocycles. The summed E-state index contributed by atoms with van der Waals surface area (Å²) < 4.78 is 19.5. The molecule has 1 aliphatic heterocycles. The fraction of sp³-hybridized carbons (Fsp3) is 0.310. The molecule has 5 nitrogen and oxygen atoms in total. The minimum Gasteiger partial charge on any atom is -0.488 e. The SMILES string of the molecule is C[Si](C)(C)CCOCN1NC=C(Br)C1c1cc(Cl)c(OCc2ccccc2)cc1OCc1ccccc1. The van der Waals surface area contributed by atoms with E-state index in [-0.39, 0.29) is 6.04 Å². The molecule has 0 radical (unpaired) electrons. The second-order valence-electron chi connectivity index (χ2n) is 10.2. The third kappa shape index (κ3) is 8.09. The molecule has 1 heterocycles. The smallest absolute Gasteiger partial charge is 0.142 e. The van der Waals surface area contributed by atoms with Gasteiger partial charge in [-0.1, -0.05) is 108 Å². The summed E-state index contributed by atoms with van der Waals surface area (Å²) >= 11 is 10.5. The summed E-state index contributed by atoms with van der Waals surface area (Å²) in [7, 11) is -1.16. The Morgan fingerprint density at radius 2 is 1.49 bits per heavy atom. The van der Waals surface area contributed by atoms with Crippen molar-refractivity contribution >= 4 is 35.6 Å². The van der Waals surface area contributed by atoms with Gasteiger partial charge in [0.1, 0.15) is 31.4 Å². The third-order valence-corrected chi connectivity index (χ3v) is 8.66. The van der Waals surface area contributed by atoms with Crippen LogP contribution in [0.15, 0.2) is 83.5 Å². The molecular weight excluding hydrogens is 568 g/mol. The summed E-state index contributed by atoms with van der Waals surface area (Å²) in [6.07, 6.45) is 1.93. The third-order valence-electron chi connectivity index (χ3n) is 6.00. The van der Waals surface area contributed by atoms with Gasteiger partial charge in [0.05, 0.1) is 11.1 Å². The van der Waals surface area contributed by atoms with E-state index in [9.17, 15) is 0 Å². The average molecular weight is 602 g/mol. The van der Waals surface area contributed by atoms with Gasteiger partial charge in [-0.2, -0.15) is 5.01 Å². The Balaban J connectivity index is 1.56. The van der Waals surface area contributed by atoms with Crippen LogP contribution in [0.25, 0.3) is 0 Å². The van der Waals surface area contributed by atoms with Gasteiger partial charge in [-0.3, -0.25) is 0 Å². The number of halogens is 2. The Bertz CT molecular complexity index is 1190. The van der Waals surface area contributed by atoms with Crippen molar-refractivity contribution in [3.05, 3.63) is 105 Å². The van der Waals surface area contributed by atoms with Crippen LogP contribution in [0.4, 0.5) is 0 Å². The minimum absolute atomic E-state index is 0.154. The molecule has 4 rings (SSSR count). The number of hydrazine groups is 1. The lowest BCUT2D eigenvalue weighted by Gasteiger charge is -2.28. The molecule has 0 aromatic heterocycles. The fourth-order valence-corrected chi connectivity index (χ4v) is 5.47. The Morgan fingerprint density at radius 1 is 0.892 bits per heavy atom. The topological polar surface area (TPSA) is 43.0 Å². The Morgan fingerprint density at radius 3 is 2.08 bits per heavy atom. The highest BCUT2D eigenvalue weighted by Gasteiger charge is 2.32. The maximum atomic E-state index is 6.75. The number of nitrogens with zero attached hydrogens (tertiary/aromatic N) is 1. The van der Waals surface area contributed by atoms with Gasteiger partial charge in [-0.15, -0.1) is 0 Å². The Hall–Kier alpha value is -2.29. The summed E-state index contributed by atoms with van der Waals surface area (Å²) in [5.41, 5.74) is 6.40. The highest BCUT2D eigenvalue weighted by atomic mass is 79.9. The summed E-state index contributed by atoms with van der Waals surface area (Å²) in [6.45, 7) is 9.08. The average Bonchev–Trinajstić information content (AvgIpc) is 3.25. The fourth-order valence-electron chi connectivity index (χ4n) is 3.89. The Kier molecular flexibility index (Phi) is 9.73. The van der Waals surface area contributed by atoms with Gasteiger partial charge in [-0.25, -0.2) is 0 Å². The molecule has 1 atom stereocenters. The van der Waals surface area contributed by atoms with Crippen molar-refractivity contribution in [2.75, 3.05) is 13.3 Å². The molecule has 0 bridgehead atoms. The summed E-state index contributed by atoms with van der Waals surface area (Å²) in [6, 6.07) is 24.9. The number of rotatable bonds is 12. The number of benzene rings is 3. The predicted molar refractivity (Wildman–Crippen MR) is 157 cm³/mol. The molecule has 8 heteroatoms. The lowest BCUT2D eigenvalue weighted by Crippen LogP contribution is -2.36. The molecule has 37 heavy (non-hydrogen) atoms. The van der Waals surface area contributed by atoms with E-state index in [0.717, 1.165) is 33.8 Å². The van der Waals surface area contributed by atoms with E-state index in [1.807, 2.05) is 84.0 Å². The van der Waals surface area contributed by atoms with Crippen LogP contribution in [0.3, 0.4) is 0 Å². The molecule has 0 saturated heterocycles. The standard InChI is InChI=1S/C29H34BrClN2O3Si/c1-37(2,3)15-14-34-21-33-29(25(30)18-32-33)24-16-26(31)28(36-20-23-12-8-5-9-13-23)17-27(24)35-19-22-10-6-4-7-11-22/h4-13,16-18,29,32H,14-15,19-21H2,1-3H3. The normalized spacial score (nSPS) is 15.8. The molecule has 0 saturated carbocycles. The summed E-state index contributed by atoms with van der Waals surface area (Å²) in [4.78, 5) is 0. The maximum absolute atomic E-state index is 6.75. The molecule has 0 fully saturated rings. The molecule has 1 N–H and O–H groups in total. The van der Waals surface area contributed by atoms with Crippen molar-refractivity contribution < 1.29 is 14.2 Å². The van der Waals surface area contributed by atoms with E-state index in [2.05, 4.69) is 41.0 Å². The van der Waals surface area contributed by atoms with Crippen LogP contribution in [0.5, 0.6) is 11.5 Å². The van der Waals surface area contributed by atoms with Crippen molar-refractivity contribution in [3.8, 4) is 11.5 Å². The quantitative estimate of drug-likeness (QED) is 0.169. The number of hydrogen-bond acceptors (Lipinski definition) is 5. The molecule has 3 aromatic rings. The highest BCUT2D eigenvalue weighted by Crippen LogP contribution is 2.43. The second kappa shape index (κ2) is 13.0. The van der Waals surface area contributed by atoms with Gasteiger partial charge in [0.2, 0.25) is 0 Å². The zero-order valence-electron chi connectivity index (χ0n) is 21.5. The monoisotopic (exact) mass is 600 g/mol. The first kappa shape index (κ1) is 27.7. The van der Waals surface area contributed by atoms with Crippen LogP contribution >= 0.6 is 27.5 Å². The van der Waals surface area contributed by atoms with Gasteiger partial charge in [0.15, 0.2) is 0 Å². The second-order valence-corrected chi connectivity index (χ2v) is 17.2. The number of nitrogens with one attached hydrogen (secondary N) is 1. The first-order chi connectivity index (χ1) is 17.8. The minimum atomic E-state index is -1.16. The first-order valence-corrected chi connectivity index (χ1v) is 17.3. The van der Waals surface area contributed by atoms with Crippen LogP contribution in [0, 0.1) is 0 Å². The molecule has 1 aliphatic rings. The van der Waals surface area contributed by atoms with Crippen molar-refractivity contribution in [1.82, 2.24) is 10.4 Å². The Labute approximate surface area is 234 Å². The molecule has 196 valence electrons. The zero-order valence-corrected chi connectivity index (χ0v) is 24.9. The molecule has 0 spiro atoms. The van der Waals surface area contributed by atoms with Crippen LogP contribution in [0.1, 0.15) is 22.7 Å². The van der Waals surface area contributed by atoms with Gasteiger partial charge in [-0.05, 0) is 23.2 Å². The van der Waals surface area contributed by atoms with Gasteiger partial charge in [0.25, 0.3) is 0 Å². The van der Waals surface area contributed by atoms with E-state index in [4.69, 9.17) is 25.8 Å². The maximum Gasteiger partial charge on any atom is 0.142 e. The van der Waals surface area contributed by atoms with Crippen LogP contribution in [0.2, 0.25) is 30.7 Å². The first-order valence-electron chi connectivity index (χ1n) is 12.4. The number of hydrogen-bond donors (Lipinski definition) is 1. The van der Waals surface area contributed by atoms with Crippen LogP contribution in [-0.2, 0) is 18.0 Å². The van der Waals surface area contributed by atoms with Crippen LogP contribution in [-0.4, -0.2) is 26.4 Å². The predicted octanol–water partition coefficient (Wildman–Crippen LogP) is 7.91. The molecule has 1 unspecified atom stereocenters. The van der Waals surface area contributed by atoms with Crippen molar-refractivity contribution in [3.63, 3.8) is 0 Å². The van der Waals surface area contributed by atoms with Crippen molar-refractivity contribution in [2.45, 2.75) is 44.9 Å². The highest BCUT2D eigenvalue weighted by molar-refractivity contribution is 9.11. The lowest BCUT2D eigenvalue weighted by atomic mass is 10.1. The van der Waals surface area contributed by atoms with Crippen LogP contribution < -0.4 is 14.9 Å². The van der Waals surface area contributed by atoms with E-state index in [0.29, 0.717) is 36.5 Å².